The third kappa shape index (κ3) is 5.34. The second-order valence-corrected chi connectivity index (χ2v) is 5.39. The number of hydrogen-bond donors (Lipinski definition) is 1. The predicted octanol–water partition coefficient (Wildman–Crippen LogP) is 4.10. The topological polar surface area (TPSA) is 41.3 Å². The molecule has 1 aromatic carbocycles. The molecule has 4 nitrogen and oxygen atoms in total. The number of aromatic nitrogens is 1. The van der Waals surface area contributed by atoms with Crippen molar-refractivity contribution >= 4 is 16.8 Å². The van der Waals surface area contributed by atoms with Crippen molar-refractivity contribution in [3.05, 3.63) is 23.8 Å². The Morgan fingerprint density at radius 3 is 2.57 bits per heavy atom. The first-order chi connectivity index (χ1) is 9.99. The number of halogens is 1. The summed E-state index contributed by atoms with van der Waals surface area (Å²) in [5.74, 6) is 1.04. The van der Waals surface area contributed by atoms with Crippen LogP contribution in [0.5, 0.6) is 0 Å². The van der Waals surface area contributed by atoms with E-state index in [1.807, 2.05) is 25.1 Å². The molecule has 1 N–H and O–H groups in total. The summed E-state index contributed by atoms with van der Waals surface area (Å²) in [6.45, 7) is 12.7. The van der Waals surface area contributed by atoms with Gasteiger partial charge in [0.1, 0.15) is 0 Å². The van der Waals surface area contributed by atoms with E-state index >= 15 is 0 Å². The molecule has 0 amide bonds. The van der Waals surface area contributed by atoms with Crippen molar-refractivity contribution in [1.82, 2.24) is 10.5 Å². The predicted molar refractivity (Wildman–Crippen MR) is 86.3 cm³/mol. The van der Waals surface area contributed by atoms with E-state index in [0.717, 1.165) is 24.6 Å². The van der Waals surface area contributed by atoms with Gasteiger partial charge >= 0.3 is 0 Å². The number of anilines is 1. The van der Waals surface area contributed by atoms with Gasteiger partial charge in [0.15, 0.2) is 5.58 Å². The van der Waals surface area contributed by atoms with Gasteiger partial charge in [-0.1, -0.05) is 36.5 Å². The summed E-state index contributed by atoms with van der Waals surface area (Å²) >= 11 is 0. The van der Waals surface area contributed by atoms with Gasteiger partial charge in [0.25, 0.3) is 0 Å². The number of nitrogens with zero attached hydrogens (tertiary/aromatic N) is 2. The van der Waals surface area contributed by atoms with Gasteiger partial charge in [-0.15, -0.1) is 0 Å². The number of hydrogen-bond acceptors (Lipinski definition) is 4. The Kier molecular flexibility index (Phi) is 7.15. The van der Waals surface area contributed by atoms with Gasteiger partial charge in [0.05, 0.1) is 5.39 Å². The van der Waals surface area contributed by atoms with Crippen LogP contribution in [0.15, 0.2) is 22.7 Å². The number of benzene rings is 1. The smallest absolute Gasteiger partial charge is 0.207 e. The van der Waals surface area contributed by atoms with Gasteiger partial charge in [0.2, 0.25) is 5.82 Å². The average Bonchev–Trinajstić information content (AvgIpc) is 2.87. The van der Waals surface area contributed by atoms with Crippen molar-refractivity contribution in [2.75, 3.05) is 24.8 Å². The van der Waals surface area contributed by atoms with Crippen LogP contribution in [0.4, 0.5) is 10.3 Å². The number of fused-ring (bicyclic) bond motifs is 1. The number of nitrogens with one attached hydrogen (secondary N) is 1. The molecule has 0 unspecified atom stereocenters. The Morgan fingerprint density at radius 1 is 1.33 bits per heavy atom. The second-order valence-electron chi connectivity index (χ2n) is 5.39. The van der Waals surface area contributed by atoms with E-state index in [2.05, 4.69) is 31.2 Å². The molecule has 0 aliphatic rings. The molecule has 2 aromatic rings. The molecule has 0 saturated carbocycles. The molecule has 1 aromatic heterocycles. The zero-order valence-electron chi connectivity index (χ0n) is 13.6. The highest BCUT2D eigenvalue weighted by atomic mass is 19.2. The Morgan fingerprint density at radius 2 is 2.05 bits per heavy atom. The van der Waals surface area contributed by atoms with E-state index < -0.39 is 0 Å². The highest BCUT2D eigenvalue weighted by molar-refractivity contribution is 5.88. The van der Waals surface area contributed by atoms with Crippen LogP contribution in [0, 0.1) is 12.8 Å². The Labute approximate surface area is 126 Å². The van der Waals surface area contributed by atoms with Crippen LogP contribution in [-0.2, 0) is 0 Å². The van der Waals surface area contributed by atoms with E-state index in [-0.39, 0.29) is 12.4 Å². The molecule has 0 aliphatic carbocycles. The van der Waals surface area contributed by atoms with Crippen LogP contribution < -0.4 is 10.4 Å². The third-order valence-electron chi connectivity index (χ3n) is 2.92. The fourth-order valence-electron chi connectivity index (χ4n) is 1.79. The first-order valence-corrected chi connectivity index (χ1v) is 7.49. The summed E-state index contributed by atoms with van der Waals surface area (Å²) in [5.41, 5.74) is 1.69. The van der Waals surface area contributed by atoms with Gasteiger partial charge < -0.3 is 9.84 Å². The average molecular weight is 295 g/mol. The molecule has 118 valence electrons. The molecule has 0 atom stereocenters. The van der Waals surface area contributed by atoms with Gasteiger partial charge in [-0.05, 0) is 50.6 Å². The molecule has 0 saturated heterocycles. The lowest BCUT2D eigenvalue weighted by Crippen LogP contribution is -2.18. The van der Waals surface area contributed by atoms with Crippen molar-refractivity contribution in [1.29, 1.82) is 0 Å². The zero-order valence-corrected chi connectivity index (χ0v) is 13.6. The van der Waals surface area contributed by atoms with Crippen molar-refractivity contribution in [2.24, 2.45) is 5.92 Å². The van der Waals surface area contributed by atoms with Gasteiger partial charge in [0, 0.05) is 6.54 Å². The molecular weight excluding hydrogens is 269 g/mol. The second kappa shape index (κ2) is 8.62. The summed E-state index contributed by atoms with van der Waals surface area (Å²) in [4.78, 5) is 0. The van der Waals surface area contributed by atoms with Crippen LogP contribution in [0.25, 0.3) is 11.0 Å². The lowest BCUT2D eigenvalue weighted by molar-refractivity contribution is 0.405. The summed E-state index contributed by atoms with van der Waals surface area (Å²) in [6, 6.07) is 5.57. The monoisotopic (exact) mass is 295 g/mol. The van der Waals surface area contributed by atoms with Crippen LogP contribution in [0.3, 0.4) is 0 Å². The molecule has 0 fully saturated rings. The number of aryl methyl sites for hydroxylation is 1. The summed E-state index contributed by atoms with van der Waals surface area (Å²) in [5, 5.41) is 8.21. The van der Waals surface area contributed by atoms with Gasteiger partial charge in [-0.2, -0.15) is 5.12 Å². The molecule has 0 aliphatic heterocycles. The standard InChI is InChI=1S/C10H11FN2O.C6H15N/c1-3-13(11)10-8-5-4-7(2)6-9(8)14-12-10;1-4-7-5-6(2)3/h4-6H,3H2,1-2H3;6-7H,4-5H2,1-3H3. The molecule has 1 heterocycles. The van der Waals surface area contributed by atoms with Gasteiger partial charge in [-0.25, -0.2) is 0 Å². The van der Waals surface area contributed by atoms with Crippen LogP contribution >= 0.6 is 0 Å². The Hall–Kier alpha value is -1.62. The van der Waals surface area contributed by atoms with E-state index in [9.17, 15) is 4.48 Å². The maximum absolute atomic E-state index is 13.2. The maximum atomic E-state index is 13.2. The molecule has 21 heavy (non-hydrogen) atoms. The fourth-order valence-corrected chi connectivity index (χ4v) is 1.79. The Bertz CT molecular complexity index is 539. The summed E-state index contributed by atoms with van der Waals surface area (Å²) in [7, 11) is 0. The normalized spacial score (nSPS) is 10.6. The lowest BCUT2D eigenvalue weighted by atomic mass is 10.2. The highest BCUT2D eigenvalue weighted by Crippen LogP contribution is 2.26. The molecule has 5 heteroatoms. The van der Waals surface area contributed by atoms with E-state index in [1.54, 1.807) is 6.92 Å². The molecule has 2 rings (SSSR count). The number of rotatable bonds is 5. The zero-order chi connectivity index (χ0) is 15.8. The van der Waals surface area contributed by atoms with Crippen LogP contribution in [0.2, 0.25) is 0 Å². The minimum atomic E-state index is 0.252. The first-order valence-electron chi connectivity index (χ1n) is 7.49. The van der Waals surface area contributed by atoms with Crippen LogP contribution in [0.1, 0.15) is 33.3 Å². The van der Waals surface area contributed by atoms with Crippen LogP contribution in [-0.4, -0.2) is 24.8 Å². The summed E-state index contributed by atoms with van der Waals surface area (Å²) in [6.07, 6.45) is 0. The summed E-state index contributed by atoms with van der Waals surface area (Å²) < 4.78 is 18.3. The van der Waals surface area contributed by atoms with Crippen molar-refractivity contribution < 1.29 is 9.00 Å². The lowest BCUT2D eigenvalue weighted by Gasteiger charge is -2.05. The molecule has 0 bridgehead atoms. The molecular formula is C16H26FN3O. The first kappa shape index (κ1) is 17.4. The highest BCUT2D eigenvalue weighted by Gasteiger charge is 2.13. The maximum Gasteiger partial charge on any atom is 0.207 e. The van der Waals surface area contributed by atoms with Crippen molar-refractivity contribution in [2.45, 2.75) is 34.6 Å². The fraction of sp³-hybridized carbons (Fsp3) is 0.562. The van der Waals surface area contributed by atoms with Crippen molar-refractivity contribution in [3.8, 4) is 0 Å². The molecule has 0 radical (unpaired) electrons. The van der Waals surface area contributed by atoms with Crippen molar-refractivity contribution in [3.63, 3.8) is 0 Å². The third-order valence-corrected chi connectivity index (χ3v) is 2.92. The minimum absolute atomic E-state index is 0.252. The Balaban J connectivity index is 0.000000270. The minimum Gasteiger partial charge on any atom is -0.354 e. The SMILES string of the molecule is CCN(F)c1noc2cc(C)ccc12.CCNCC(C)C. The quantitative estimate of drug-likeness (QED) is 0.843. The molecule has 0 spiro atoms. The van der Waals surface area contributed by atoms with Gasteiger partial charge in [-0.3, -0.25) is 0 Å². The van der Waals surface area contributed by atoms with E-state index in [0.29, 0.717) is 16.1 Å². The largest absolute Gasteiger partial charge is 0.354 e. The van der Waals surface area contributed by atoms with E-state index in [1.165, 1.54) is 0 Å². The van der Waals surface area contributed by atoms with E-state index in [4.69, 9.17) is 4.52 Å².